The minimum Gasteiger partial charge on any atom is -0.494 e. The van der Waals surface area contributed by atoms with Crippen LogP contribution in [0.2, 0.25) is 0 Å². The molecule has 0 unspecified atom stereocenters. The molecule has 11 nitrogen and oxygen atoms in total. The van der Waals surface area contributed by atoms with Crippen LogP contribution in [0.4, 0.5) is 10.5 Å². The van der Waals surface area contributed by atoms with Crippen molar-refractivity contribution in [2.24, 2.45) is 7.05 Å². The molecule has 2 aromatic carbocycles. The Kier molecular flexibility index (Phi) is 7.14. The molecule has 0 radical (unpaired) electrons. The van der Waals surface area contributed by atoms with Gasteiger partial charge >= 0.3 is 6.03 Å². The van der Waals surface area contributed by atoms with E-state index in [1.165, 1.54) is 7.11 Å². The van der Waals surface area contributed by atoms with Crippen molar-refractivity contribution in [2.45, 2.75) is 13.8 Å². The smallest absolute Gasteiger partial charge is 0.326 e. The fourth-order valence-corrected chi connectivity index (χ4v) is 3.75. The first kappa shape index (κ1) is 25.3. The predicted molar refractivity (Wildman–Crippen MR) is 137 cm³/mol. The van der Waals surface area contributed by atoms with Gasteiger partial charge < -0.3 is 28.8 Å². The number of amides is 3. The normalized spacial score (nSPS) is 10.6. The Morgan fingerprint density at radius 2 is 1.59 bits per heavy atom. The second-order valence-corrected chi connectivity index (χ2v) is 8.06. The average Bonchev–Trinajstić information content (AvgIpc) is 3.16. The van der Waals surface area contributed by atoms with Crippen molar-refractivity contribution in [3.8, 4) is 28.7 Å². The van der Waals surface area contributed by atoms with Crippen molar-refractivity contribution in [3.63, 3.8) is 0 Å². The van der Waals surface area contributed by atoms with Crippen LogP contribution in [-0.2, 0) is 7.05 Å². The maximum absolute atomic E-state index is 12.5. The number of aryl methyl sites for hydroxylation is 1. The number of imide groups is 1. The Labute approximate surface area is 213 Å². The Bertz CT molecular complexity index is 1500. The maximum atomic E-state index is 12.5. The van der Waals surface area contributed by atoms with Crippen LogP contribution in [-0.4, -0.2) is 47.8 Å². The molecular formula is C26H27N5O6. The van der Waals surface area contributed by atoms with E-state index in [9.17, 15) is 9.59 Å². The second-order valence-electron chi connectivity index (χ2n) is 8.06. The van der Waals surface area contributed by atoms with E-state index in [0.29, 0.717) is 51.5 Å². The first-order valence-corrected chi connectivity index (χ1v) is 11.2. The maximum Gasteiger partial charge on any atom is 0.326 e. The summed E-state index contributed by atoms with van der Waals surface area (Å²) in [6, 6.07) is 9.46. The number of rotatable bonds is 7. The molecule has 0 bridgehead atoms. The highest BCUT2D eigenvalue weighted by atomic mass is 16.5. The summed E-state index contributed by atoms with van der Waals surface area (Å²) in [6.07, 6.45) is 1.63. The van der Waals surface area contributed by atoms with Crippen LogP contribution in [0.3, 0.4) is 0 Å². The van der Waals surface area contributed by atoms with Crippen molar-refractivity contribution in [3.05, 3.63) is 59.8 Å². The third kappa shape index (κ3) is 5.10. The summed E-state index contributed by atoms with van der Waals surface area (Å²) >= 11 is 0. The van der Waals surface area contributed by atoms with E-state index >= 15 is 0 Å². The summed E-state index contributed by atoms with van der Waals surface area (Å²) < 4.78 is 24.1. The third-order valence-electron chi connectivity index (χ3n) is 5.90. The molecule has 0 saturated carbocycles. The zero-order chi connectivity index (χ0) is 26.7. The molecular weight excluding hydrogens is 478 g/mol. The summed E-state index contributed by atoms with van der Waals surface area (Å²) in [5.74, 6) is 2.50. The summed E-state index contributed by atoms with van der Waals surface area (Å²) in [7, 11) is 6.37. The van der Waals surface area contributed by atoms with Gasteiger partial charge in [0, 0.05) is 36.5 Å². The van der Waals surface area contributed by atoms with Gasteiger partial charge in [-0.1, -0.05) is 0 Å². The minimum atomic E-state index is -0.721. The van der Waals surface area contributed by atoms with Crippen LogP contribution in [0.1, 0.15) is 22.0 Å². The zero-order valence-corrected chi connectivity index (χ0v) is 21.3. The van der Waals surface area contributed by atoms with E-state index in [-0.39, 0.29) is 5.69 Å². The highest BCUT2D eigenvalue weighted by molar-refractivity contribution is 6.08. The van der Waals surface area contributed by atoms with Crippen LogP contribution in [0, 0.1) is 13.8 Å². The molecule has 4 rings (SSSR count). The van der Waals surface area contributed by atoms with Gasteiger partial charge in [0.25, 0.3) is 5.91 Å². The molecule has 37 heavy (non-hydrogen) atoms. The number of ether oxygens (including phenoxy) is 4. The van der Waals surface area contributed by atoms with Crippen LogP contribution in [0.25, 0.3) is 10.9 Å². The summed E-state index contributed by atoms with van der Waals surface area (Å²) in [5.41, 5.74) is 1.85. The molecule has 2 heterocycles. The van der Waals surface area contributed by atoms with Gasteiger partial charge in [-0.2, -0.15) is 0 Å². The van der Waals surface area contributed by atoms with Gasteiger partial charge in [0.15, 0.2) is 11.5 Å². The summed E-state index contributed by atoms with van der Waals surface area (Å²) in [5, 5.41) is 5.64. The second kappa shape index (κ2) is 10.4. The number of methoxy groups -OCH3 is 3. The summed E-state index contributed by atoms with van der Waals surface area (Å²) in [6.45, 7) is 3.54. The molecule has 192 valence electrons. The number of hydrogen-bond acceptors (Lipinski definition) is 8. The van der Waals surface area contributed by atoms with Crippen molar-refractivity contribution in [1.29, 1.82) is 0 Å². The third-order valence-corrected chi connectivity index (χ3v) is 5.90. The number of pyridine rings is 1. The molecule has 0 aliphatic heterocycles. The number of carbonyl (C=O) groups is 2. The van der Waals surface area contributed by atoms with Crippen molar-refractivity contribution in [2.75, 3.05) is 26.6 Å². The minimum absolute atomic E-state index is 0.185. The van der Waals surface area contributed by atoms with Crippen LogP contribution >= 0.6 is 0 Å². The number of urea groups is 1. The van der Waals surface area contributed by atoms with Gasteiger partial charge in [-0.25, -0.2) is 9.78 Å². The fraction of sp³-hybridized carbons (Fsp3) is 0.231. The van der Waals surface area contributed by atoms with E-state index in [1.807, 2.05) is 0 Å². The molecule has 2 aromatic heterocycles. The first-order valence-electron chi connectivity index (χ1n) is 11.2. The molecule has 0 aliphatic rings. The van der Waals surface area contributed by atoms with Gasteiger partial charge in [0.2, 0.25) is 0 Å². The molecule has 0 spiro atoms. The van der Waals surface area contributed by atoms with Crippen molar-refractivity contribution in [1.82, 2.24) is 19.9 Å². The lowest BCUT2D eigenvalue weighted by Crippen LogP contribution is -2.35. The Balaban J connectivity index is 1.53. The number of nitrogens with zero attached hydrogens (tertiary/aromatic N) is 3. The van der Waals surface area contributed by atoms with Crippen LogP contribution in [0.5, 0.6) is 28.7 Å². The molecule has 3 amide bonds. The highest BCUT2D eigenvalue weighted by Gasteiger charge is 2.19. The molecule has 4 aromatic rings. The average molecular weight is 506 g/mol. The topological polar surface area (TPSA) is 126 Å². The predicted octanol–water partition coefficient (Wildman–Crippen LogP) is 4.37. The largest absolute Gasteiger partial charge is 0.494 e. The lowest BCUT2D eigenvalue weighted by Gasteiger charge is -2.14. The quantitative estimate of drug-likeness (QED) is 0.379. The lowest BCUT2D eigenvalue weighted by molar-refractivity contribution is 0.0961. The molecule has 0 aliphatic carbocycles. The molecule has 0 fully saturated rings. The molecule has 11 heteroatoms. The van der Waals surface area contributed by atoms with Gasteiger partial charge in [-0.3, -0.25) is 15.1 Å². The van der Waals surface area contributed by atoms with E-state index in [2.05, 4.69) is 20.6 Å². The van der Waals surface area contributed by atoms with Crippen LogP contribution < -0.4 is 29.6 Å². The van der Waals surface area contributed by atoms with E-state index < -0.39 is 11.9 Å². The standard InChI is InChI=1S/C26H27N5O6/c1-14-24(28-15(2)31(14)3)25(32)30-26(33)29-18-8-7-16(11-21(18)34-4)37-20-9-10-27-19-13-23(36-6)22(35-5)12-17(19)20/h7-13H,1-6H3,(H2,29,30,32,33). The number of imidazole rings is 1. The molecule has 0 atom stereocenters. The molecule has 2 N–H and O–H groups in total. The van der Waals surface area contributed by atoms with E-state index in [4.69, 9.17) is 18.9 Å². The summed E-state index contributed by atoms with van der Waals surface area (Å²) in [4.78, 5) is 33.6. The Hall–Kier alpha value is -4.80. The number of hydrogen-bond donors (Lipinski definition) is 2. The number of nitrogens with one attached hydrogen (secondary N) is 2. The van der Waals surface area contributed by atoms with E-state index in [0.717, 1.165) is 5.39 Å². The number of aromatic nitrogens is 3. The molecule has 0 saturated heterocycles. The van der Waals surface area contributed by atoms with Crippen molar-refractivity contribution >= 4 is 28.5 Å². The lowest BCUT2D eigenvalue weighted by atomic mass is 10.2. The number of carbonyl (C=O) groups excluding carboxylic acids is 2. The number of benzene rings is 2. The van der Waals surface area contributed by atoms with Gasteiger partial charge in [-0.05, 0) is 38.1 Å². The van der Waals surface area contributed by atoms with Crippen LogP contribution in [0.15, 0.2) is 42.6 Å². The van der Waals surface area contributed by atoms with Gasteiger partial charge in [-0.15, -0.1) is 0 Å². The number of fused-ring (bicyclic) bond motifs is 1. The first-order chi connectivity index (χ1) is 17.7. The Morgan fingerprint density at radius 3 is 2.24 bits per heavy atom. The highest BCUT2D eigenvalue weighted by Crippen LogP contribution is 2.38. The van der Waals surface area contributed by atoms with E-state index in [1.54, 1.807) is 82.3 Å². The zero-order valence-electron chi connectivity index (χ0n) is 21.3. The monoisotopic (exact) mass is 505 g/mol. The van der Waals surface area contributed by atoms with Crippen molar-refractivity contribution < 1.29 is 28.5 Å². The SMILES string of the molecule is COc1cc(Oc2ccnc3cc(OC)c(OC)cc23)ccc1NC(=O)NC(=O)c1nc(C)n(C)c1C. The fourth-order valence-electron chi connectivity index (χ4n) is 3.75. The Morgan fingerprint density at radius 1 is 0.892 bits per heavy atom. The number of anilines is 1. The van der Waals surface area contributed by atoms with Gasteiger partial charge in [0.1, 0.15) is 28.8 Å². The van der Waals surface area contributed by atoms with Gasteiger partial charge in [0.05, 0.1) is 32.5 Å².